The SMILES string of the molecule is O=C(CCl)N(CCO)c1ccccc1. The van der Waals surface area contributed by atoms with Crippen LogP contribution < -0.4 is 4.90 Å². The molecule has 0 aliphatic carbocycles. The van der Waals surface area contributed by atoms with E-state index < -0.39 is 0 Å². The quantitative estimate of drug-likeness (QED) is 0.765. The highest BCUT2D eigenvalue weighted by Crippen LogP contribution is 2.13. The summed E-state index contributed by atoms with van der Waals surface area (Å²) >= 11 is 5.46. The van der Waals surface area contributed by atoms with Crippen molar-refractivity contribution < 1.29 is 9.90 Å². The summed E-state index contributed by atoms with van der Waals surface area (Å²) in [5.74, 6) is -0.276. The normalized spacial score (nSPS) is 9.86. The van der Waals surface area contributed by atoms with Crippen LogP contribution in [0.4, 0.5) is 5.69 Å². The Hall–Kier alpha value is -1.06. The second-order valence-corrected chi connectivity index (χ2v) is 3.01. The van der Waals surface area contributed by atoms with Gasteiger partial charge >= 0.3 is 0 Å². The predicted molar refractivity (Wildman–Crippen MR) is 56.6 cm³/mol. The van der Waals surface area contributed by atoms with Gasteiger partial charge in [-0.05, 0) is 12.1 Å². The molecule has 1 amide bonds. The van der Waals surface area contributed by atoms with E-state index in [0.717, 1.165) is 5.69 Å². The number of aliphatic hydroxyl groups excluding tert-OH is 1. The van der Waals surface area contributed by atoms with Crippen molar-refractivity contribution in [3.8, 4) is 0 Å². The molecule has 14 heavy (non-hydrogen) atoms. The van der Waals surface area contributed by atoms with Crippen LogP contribution in [0.15, 0.2) is 30.3 Å². The summed E-state index contributed by atoms with van der Waals surface area (Å²) in [5.41, 5.74) is 0.757. The van der Waals surface area contributed by atoms with Gasteiger partial charge in [0.2, 0.25) is 5.91 Å². The monoisotopic (exact) mass is 213 g/mol. The van der Waals surface area contributed by atoms with Crippen molar-refractivity contribution in [3.05, 3.63) is 30.3 Å². The van der Waals surface area contributed by atoms with Gasteiger partial charge in [-0.2, -0.15) is 0 Å². The van der Waals surface area contributed by atoms with Gasteiger partial charge < -0.3 is 10.0 Å². The number of carbonyl (C=O) groups is 1. The number of anilines is 1. The van der Waals surface area contributed by atoms with Crippen molar-refractivity contribution in [1.82, 2.24) is 0 Å². The number of carbonyl (C=O) groups excluding carboxylic acids is 1. The molecule has 1 rings (SSSR count). The van der Waals surface area contributed by atoms with E-state index in [2.05, 4.69) is 0 Å². The van der Waals surface area contributed by atoms with E-state index in [1.54, 1.807) is 12.1 Å². The molecule has 1 aromatic rings. The average molecular weight is 214 g/mol. The molecular formula is C10H12ClNO2. The van der Waals surface area contributed by atoms with Crippen LogP contribution in [0.25, 0.3) is 0 Å². The molecule has 0 atom stereocenters. The molecule has 0 heterocycles. The van der Waals surface area contributed by atoms with Crippen molar-refractivity contribution in [1.29, 1.82) is 0 Å². The zero-order valence-corrected chi connectivity index (χ0v) is 8.44. The van der Waals surface area contributed by atoms with E-state index in [1.165, 1.54) is 4.90 Å². The van der Waals surface area contributed by atoms with Crippen molar-refractivity contribution in [2.24, 2.45) is 0 Å². The average Bonchev–Trinajstić information content (AvgIpc) is 2.26. The van der Waals surface area contributed by atoms with Crippen LogP contribution >= 0.6 is 11.6 Å². The van der Waals surface area contributed by atoms with Crippen molar-refractivity contribution in [2.75, 3.05) is 23.9 Å². The molecule has 1 N–H and O–H groups in total. The summed E-state index contributed by atoms with van der Waals surface area (Å²) in [7, 11) is 0. The van der Waals surface area contributed by atoms with Crippen molar-refractivity contribution >= 4 is 23.2 Å². The first-order valence-electron chi connectivity index (χ1n) is 4.32. The number of nitrogens with zero attached hydrogens (tertiary/aromatic N) is 1. The van der Waals surface area contributed by atoms with Crippen LogP contribution in [-0.2, 0) is 4.79 Å². The molecule has 76 valence electrons. The maximum Gasteiger partial charge on any atom is 0.241 e. The molecule has 3 nitrogen and oxygen atoms in total. The smallest absolute Gasteiger partial charge is 0.241 e. The van der Waals surface area contributed by atoms with Gasteiger partial charge in [0.25, 0.3) is 0 Å². The van der Waals surface area contributed by atoms with E-state index in [9.17, 15) is 4.79 Å². The lowest BCUT2D eigenvalue weighted by Gasteiger charge is -2.20. The van der Waals surface area contributed by atoms with Crippen LogP contribution in [0, 0.1) is 0 Å². The first-order chi connectivity index (χ1) is 6.79. The number of alkyl halides is 1. The number of rotatable bonds is 4. The van der Waals surface area contributed by atoms with Gasteiger partial charge in [0, 0.05) is 12.2 Å². The first kappa shape index (κ1) is 11.0. The van der Waals surface area contributed by atoms with Gasteiger partial charge in [0.15, 0.2) is 0 Å². The third-order valence-corrected chi connectivity index (χ3v) is 2.04. The fraction of sp³-hybridized carbons (Fsp3) is 0.300. The zero-order chi connectivity index (χ0) is 10.4. The van der Waals surface area contributed by atoms with Gasteiger partial charge in [-0.3, -0.25) is 4.79 Å². The highest BCUT2D eigenvalue weighted by molar-refractivity contribution is 6.29. The van der Waals surface area contributed by atoms with Crippen LogP contribution in [0.2, 0.25) is 0 Å². The molecule has 0 saturated heterocycles. The van der Waals surface area contributed by atoms with E-state index in [4.69, 9.17) is 16.7 Å². The van der Waals surface area contributed by atoms with E-state index in [-0.39, 0.29) is 24.9 Å². The van der Waals surface area contributed by atoms with Crippen molar-refractivity contribution in [2.45, 2.75) is 0 Å². The molecule has 0 aromatic heterocycles. The summed E-state index contributed by atoms with van der Waals surface area (Å²) in [6, 6.07) is 9.15. The highest BCUT2D eigenvalue weighted by atomic mass is 35.5. The Bertz CT molecular complexity index is 289. The molecule has 4 heteroatoms. The summed E-state index contributed by atoms with van der Waals surface area (Å²) in [5, 5.41) is 8.81. The summed E-state index contributed by atoms with van der Waals surface area (Å²) in [4.78, 5) is 12.9. The van der Waals surface area contributed by atoms with Crippen LogP contribution in [0.1, 0.15) is 0 Å². The molecule has 0 spiro atoms. The van der Waals surface area contributed by atoms with Crippen LogP contribution in [0.5, 0.6) is 0 Å². The standard InChI is InChI=1S/C10H12ClNO2/c11-8-10(14)12(6-7-13)9-4-2-1-3-5-9/h1-5,13H,6-8H2. The van der Waals surface area contributed by atoms with Gasteiger partial charge in [-0.1, -0.05) is 18.2 Å². The fourth-order valence-electron chi connectivity index (χ4n) is 1.18. The Morgan fingerprint density at radius 3 is 2.50 bits per heavy atom. The molecule has 0 aliphatic rings. The Morgan fingerprint density at radius 1 is 1.36 bits per heavy atom. The van der Waals surface area contributed by atoms with Gasteiger partial charge in [-0.25, -0.2) is 0 Å². The van der Waals surface area contributed by atoms with E-state index in [1.807, 2.05) is 18.2 Å². The summed E-state index contributed by atoms with van der Waals surface area (Å²) in [6.45, 7) is 0.201. The minimum Gasteiger partial charge on any atom is -0.395 e. The maximum atomic E-state index is 11.4. The number of aliphatic hydroxyl groups is 1. The first-order valence-corrected chi connectivity index (χ1v) is 4.85. The number of halogens is 1. The summed E-state index contributed by atoms with van der Waals surface area (Å²) < 4.78 is 0. The number of amides is 1. The molecular weight excluding hydrogens is 202 g/mol. The van der Waals surface area contributed by atoms with Crippen molar-refractivity contribution in [3.63, 3.8) is 0 Å². The minimum atomic E-state index is -0.202. The largest absolute Gasteiger partial charge is 0.395 e. The van der Waals surface area contributed by atoms with E-state index in [0.29, 0.717) is 0 Å². The Morgan fingerprint density at radius 2 is 2.00 bits per heavy atom. The third-order valence-electron chi connectivity index (χ3n) is 1.81. The molecule has 0 saturated carbocycles. The minimum absolute atomic E-state index is 0.0719. The molecule has 0 fully saturated rings. The molecule has 0 aliphatic heterocycles. The van der Waals surface area contributed by atoms with Gasteiger partial charge in [0.1, 0.15) is 5.88 Å². The Kier molecular flexibility index (Phi) is 4.43. The lowest BCUT2D eigenvalue weighted by Crippen LogP contribution is -2.34. The third kappa shape index (κ3) is 2.72. The zero-order valence-electron chi connectivity index (χ0n) is 7.69. The Balaban J connectivity index is 2.83. The second kappa shape index (κ2) is 5.62. The highest BCUT2D eigenvalue weighted by Gasteiger charge is 2.12. The van der Waals surface area contributed by atoms with Crippen LogP contribution in [-0.4, -0.2) is 30.0 Å². The number of para-hydroxylation sites is 1. The molecule has 0 radical (unpaired) electrons. The Labute approximate surface area is 87.9 Å². The van der Waals surface area contributed by atoms with E-state index >= 15 is 0 Å². The molecule has 0 bridgehead atoms. The second-order valence-electron chi connectivity index (χ2n) is 2.74. The lowest BCUT2D eigenvalue weighted by molar-refractivity contribution is -0.116. The number of benzene rings is 1. The number of hydrogen-bond donors (Lipinski definition) is 1. The lowest BCUT2D eigenvalue weighted by atomic mass is 10.3. The van der Waals surface area contributed by atoms with Gasteiger partial charge in [0.05, 0.1) is 6.61 Å². The van der Waals surface area contributed by atoms with Crippen LogP contribution in [0.3, 0.4) is 0 Å². The number of hydrogen-bond acceptors (Lipinski definition) is 2. The molecule has 0 unspecified atom stereocenters. The predicted octanol–water partition coefficient (Wildman–Crippen LogP) is 1.25. The maximum absolute atomic E-state index is 11.4. The summed E-state index contributed by atoms with van der Waals surface area (Å²) in [6.07, 6.45) is 0. The van der Waals surface area contributed by atoms with Gasteiger partial charge in [-0.15, -0.1) is 11.6 Å². The molecule has 1 aromatic carbocycles. The fourth-order valence-corrected chi connectivity index (χ4v) is 1.32. The topological polar surface area (TPSA) is 40.5 Å².